The molecule has 4 nitrogen and oxygen atoms in total. The number of nitriles is 1. The van der Waals surface area contributed by atoms with Crippen molar-refractivity contribution < 1.29 is 9.53 Å². The summed E-state index contributed by atoms with van der Waals surface area (Å²) in [5.74, 6) is 1.36. The Morgan fingerprint density at radius 2 is 1.77 bits per heavy atom. The molecule has 0 heterocycles. The van der Waals surface area contributed by atoms with Crippen LogP contribution in [0.2, 0.25) is 0 Å². The second-order valence-corrected chi connectivity index (χ2v) is 7.29. The van der Waals surface area contributed by atoms with Gasteiger partial charge in [-0.25, -0.2) is 0 Å². The molecule has 26 heavy (non-hydrogen) atoms. The van der Waals surface area contributed by atoms with Gasteiger partial charge in [-0.05, 0) is 41.2 Å². The molecular formula is C22H26N2O2. The van der Waals surface area contributed by atoms with E-state index in [9.17, 15) is 4.79 Å². The molecule has 2 aromatic carbocycles. The zero-order chi connectivity index (χ0) is 19.2. The van der Waals surface area contributed by atoms with Crippen LogP contribution in [0.4, 0.5) is 0 Å². The van der Waals surface area contributed by atoms with Gasteiger partial charge in [0.15, 0.2) is 0 Å². The molecule has 136 valence electrons. The molecule has 0 radical (unpaired) electrons. The lowest BCUT2D eigenvalue weighted by Crippen LogP contribution is -2.21. The van der Waals surface area contributed by atoms with Crippen LogP contribution in [0.3, 0.4) is 0 Å². The van der Waals surface area contributed by atoms with E-state index >= 15 is 0 Å². The minimum absolute atomic E-state index is 0.00846. The van der Waals surface area contributed by atoms with Gasteiger partial charge in [0.2, 0.25) is 5.91 Å². The molecule has 0 aliphatic carbocycles. The number of amides is 1. The molecule has 0 bridgehead atoms. The van der Waals surface area contributed by atoms with Gasteiger partial charge in [0, 0.05) is 12.1 Å². The highest BCUT2D eigenvalue weighted by molar-refractivity contribution is 5.77. The monoisotopic (exact) mass is 350 g/mol. The Labute approximate surface area is 155 Å². The summed E-state index contributed by atoms with van der Waals surface area (Å²) < 4.78 is 6.12. The summed E-state index contributed by atoms with van der Waals surface area (Å²) in [6, 6.07) is 15.8. The van der Waals surface area contributed by atoms with E-state index in [0.717, 1.165) is 23.5 Å². The van der Waals surface area contributed by atoms with Crippen molar-refractivity contribution >= 4 is 5.91 Å². The topological polar surface area (TPSA) is 62.1 Å². The molecule has 0 fully saturated rings. The number of carbonyl (C=O) groups excluding carboxylic acids is 1. The number of nitrogens with zero attached hydrogens (tertiary/aromatic N) is 1. The summed E-state index contributed by atoms with van der Waals surface area (Å²) in [6.45, 7) is 9.10. The van der Waals surface area contributed by atoms with Crippen molar-refractivity contribution in [1.29, 1.82) is 5.26 Å². The Morgan fingerprint density at radius 1 is 1.12 bits per heavy atom. The Balaban J connectivity index is 2.12. The Kier molecular flexibility index (Phi) is 6.41. The molecule has 0 atom stereocenters. The number of carbonyl (C=O) groups is 1. The quantitative estimate of drug-likeness (QED) is 0.808. The minimum atomic E-state index is -0.265. The van der Waals surface area contributed by atoms with Gasteiger partial charge in [0.25, 0.3) is 0 Å². The smallest absolute Gasteiger partial charge is 0.234 e. The van der Waals surface area contributed by atoms with E-state index in [4.69, 9.17) is 10.00 Å². The van der Waals surface area contributed by atoms with Crippen molar-refractivity contribution in [1.82, 2.24) is 5.32 Å². The number of hydrogen-bond donors (Lipinski definition) is 1. The van der Waals surface area contributed by atoms with Crippen LogP contribution in [0.15, 0.2) is 42.5 Å². The SMILES string of the molecule is CCc1ccc(Oc2ccc(CNC(=O)CC#N)cc2)c(C(C)(C)C)c1. The lowest BCUT2D eigenvalue weighted by atomic mass is 9.85. The third-order valence-corrected chi connectivity index (χ3v) is 4.14. The average Bonchev–Trinajstić information content (AvgIpc) is 2.61. The van der Waals surface area contributed by atoms with Gasteiger partial charge in [-0.2, -0.15) is 5.26 Å². The van der Waals surface area contributed by atoms with Gasteiger partial charge in [-0.15, -0.1) is 0 Å². The predicted octanol–water partition coefficient (Wildman–Crippen LogP) is 4.87. The van der Waals surface area contributed by atoms with Crippen molar-refractivity contribution in [3.05, 3.63) is 59.2 Å². The van der Waals surface area contributed by atoms with Crippen molar-refractivity contribution in [3.63, 3.8) is 0 Å². The number of benzene rings is 2. The summed E-state index contributed by atoms with van der Waals surface area (Å²) in [6.07, 6.45) is 0.875. The molecule has 2 aromatic rings. The van der Waals surface area contributed by atoms with Crippen LogP contribution in [0.5, 0.6) is 11.5 Å². The van der Waals surface area contributed by atoms with Gasteiger partial charge in [0.1, 0.15) is 17.9 Å². The van der Waals surface area contributed by atoms with Crippen LogP contribution in [0.25, 0.3) is 0 Å². The second-order valence-electron chi connectivity index (χ2n) is 7.29. The van der Waals surface area contributed by atoms with E-state index < -0.39 is 0 Å². The number of aryl methyl sites for hydroxylation is 1. The molecule has 0 aromatic heterocycles. The van der Waals surface area contributed by atoms with E-state index in [2.05, 4.69) is 45.1 Å². The Bertz CT molecular complexity index is 796. The van der Waals surface area contributed by atoms with E-state index in [1.54, 1.807) is 0 Å². The maximum Gasteiger partial charge on any atom is 0.234 e. The first-order valence-electron chi connectivity index (χ1n) is 8.87. The Morgan fingerprint density at radius 3 is 2.35 bits per heavy atom. The van der Waals surface area contributed by atoms with Crippen molar-refractivity contribution in [3.8, 4) is 17.6 Å². The Hall–Kier alpha value is -2.80. The van der Waals surface area contributed by atoms with Crippen LogP contribution in [-0.2, 0) is 23.2 Å². The zero-order valence-corrected chi connectivity index (χ0v) is 15.9. The maximum absolute atomic E-state index is 11.3. The van der Waals surface area contributed by atoms with Crippen LogP contribution < -0.4 is 10.1 Å². The van der Waals surface area contributed by atoms with Crippen molar-refractivity contribution in [2.45, 2.75) is 52.5 Å². The molecule has 0 unspecified atom stereocenters. The summed E-state index contributed by atoms with van der Waals surface area (Å²) >= 11 is 0. The normalized spacial score (nSPS) is 10.9. The first kappa shape index (κ1) is 19.5. The van der Waals surface area contributed by atoms with Crippen LogP contribution in [0, 0.1) is 11.3 Å². The summed E-state index contributed by atoms with van der Waals surface area (Å²) in [5.41, 5.74) is 3.43. The van der Waals surface area contributed by atoms with Gasteiger partial charge in [0.05, 0.1) is 6.07 Å². The van der Waals surface area contributed by atoms with Gasteiger partial charge in [-0.3, -0.25) is 4.79 Å². The lowest BCUT2D eigenvalue weighted by Gasteiger charge is -2.23. The molecular weight excluding hydrogens is 324 g/mol. The first-order chi connectivity index (χ1) is 12.3. The summed E-state index contributed by atoms with van der Waals surface area (Å²) in [7, 11) is 0. The zero-order valence-electron chi connectivity index (χ0n) is 15.9. The minimum Gasteiger partial charge on any atom is -0.457 e. The van der Waals surface area contributed by atoms with Crippen LogP contribution in [0.1, 0.15) is 50.8 Å². The number of rotatable bonds is 6. The number of hydrogen-bond acceptors (Lipinski definition) is 3. The fraction of sp³-hybridized carbons (Fsp3) is 0.364. The van der Waals surface area contributed by atoms with Gasteiger partial charge < -0.3 is 10.1 Å². The molecule has 0 saturated carbocycles. The third-order valence-electron chi connectivity index (χ3n) is 4.14. The average molecular weight is 350 g/mol. The molecule has 0 saturated heterocycles. The predicted molar refractivity (Wildman–Crippen MR) is 103 cm³/mol. The highest BCUT2D eigenvalue weighted by Crippen LogP contribution is 2.35. The summed E-state index contributed by atoms with van der Waals surface area (Å²) in [4.78, 5) is 11.3. The largest absolute Gasteiger partial charge is 0.457 e. The summed E-state index contributed by atoms with van der Waals surface area (Å²) in [5, 5.41) is 11.2. The second kappa shape index (κ2) is 8.53. The molecule has 0 aliphatic heterocycles. The first-order valence-corrected chi connectivity index (χ1v) is 8.87. The maximum atomic E-state index is 11.3. The lowest BCUT2D eigenvalue weighted by molar-refractivity contribution is -0.120. The van der Waals surface area contributed by atoms with E-state index in [-0.39, 0.29) is 17.7 Å². The van der Waals surface area contributed by atoms with Gasteiger partial charge >= 0.3 is 0 Å². The van der Waals surface area contributed by atoms with Gasteiger partial charge in [-0.1, -0.05) is 52.0 Å². The molecule has 0 spiro atoms. The van der Waals surface area contributed by atoms with E-state index in [1.165, 1.54) is 11.1 Å². The fourth-order valence-electron chi connectivity index (χ4n) is 2.61. The van der Waals surface area contributed by atoms with E-state index in [0.29, 0.717) is 6.54 Å². The van der Waals surface area contributed by atoms with Crippen LogP contribution in [-0.4, -0.2) is 5.91 Å². The fourth-order valence-corrected chi connectivity index (χ4v) is 2.61. The molecule has 4 heteroatoms. The van der Waals surface area contributed by atoms with Crippen LogP contribution >= 0.6 is 0 Å². The molecule has 0 aliphatic rings. The molecule has 1 N–H and O–H groups in total. The van der Waals surface area contributed by atoms with Crippen molar-refractivity contribution in [2.24, 2.45) is 0 Å². The molecule has 1 amide bonds. The highest BCUT2D eigenvalue weighted by atomic mass is 16.5. The van der Waals surface area contributed by atoms with Crippen molar-refractivity contribution in [2.75, 3.05) is 0 Å². The number of nitrogens with one attached hydrogen (secondary N) is 1. The third kappa shape index (κ3) is 5.35. The van der Waals surface area contributed by atoms with E-state index in [1.807, 2.05) is 36.4 Å². The number of ether oxygens (including phenoxy) is 1. The standard InChI is InChI=1S/C22H26N2O2/c1-5-16-8-11-20(19(14-16)22(2,3)4)26-18-9-6-17(7-10-18)15-24-21(25)12-13-23/h6-11,14H,5,12,15H2,1-4H3,(H,24,25). The molecule has 2 rings (SSSR count). The highest BCUT2D eigenvalue weighted by Gasteiger charge is 2.20.